The lowest BCUT2D eigenvalue weighted by molar-refractivity contribution is -0.151. The van der Waals surface area contributed by atoms with Gasteiger partial charge in [-0.2, -0.15) is 17.2 Å². The smallest absolute Gasteiger partial charge is 0.428 e. The standard InChI is InChI=1S/C13H12F2I2O8S/c1-12(2,3)25-11(19)24-9-5-6(16)8(4-7(9)17)23-10(18)13(14,15)26(20,21)22/h4-5H,1-3H3,(H,20,21,22). The highest BCUT2D eigenvalue weighted by Gasteiger charge is 2.54. The number of hydrogen-bond acceptors (Lipinski definition) is 7. The fourth-order valence-corrected chi connectivity index (χ4v) is 2.64. The van der Waals surface area contributed by atoms with Gasteiger partial charge in [0.1, 0.15) is 17.1 Å². The second kappa shape index (κ2) is 8.05. The van der Waals surface area contributed by atoms with Crippen molar-refractivity contribution in [1.29, 1.82) is 0 Å². The Morgan fingerprint density at radius 2 is 1.46 bits per heavy atom. The number of ether oxygens (including phenoxy) is 3. The molecule has 1 N–H and O–H groups in total. The molecule has 0 fully saturated rings. The van der Waals surface area contributed by atoms with Crippen LogP contribution in [0.5, 0.6) is 11.5 Å². The quantitative estimate of drug-likeness (QED) is 0.179. The molecule has 0 aromatic heterocycles. The van der Waals surface area contributed by atoms with Gasteiger partial charge >= 0.3 is 27.5 Å². The van der Waals surface area contributed by atoms with Crippen molar-refractivity contribution in [3.63, 3.8) is 0 Å². The van der Waals surface area contributed by atoms with Gasteiger partial charge in [0.25, 0.3) is 0 Å². The molecule has 0 radical (unpaired) electrons. The third-order valence-corrected chi connectivity index (χ3v) is 4.83. The van der Waals surface area contributed by atoms with Crippen molar-refractivity contribution in [2.24, 2.45) is 0 Å². The first kappa shape index (κ1) is 23.2. The normalized spacial score (nSPS) is 12.5. The van der Waals surface area contributed by atoms with Gasteiger partial charge in [-0.3, -0.25) is 4.55 Å². The van der Waals surface area contributed by atoms with Crippen LogP contribution in [0.1, 0.15) is 20.8 Å². The average Bonchev–Trinajstić information content (AvgIpc) is 2.40. The highest BCUT2D eigenvalue weighted by Crippen LogP contribution is 2.33. The van der Waals surface area contributed by atoms with Crippen LogP contribution in [-0.2, 0) is 19.6 Å². The van der Waals surface area contributed by atoms with Gasteiger partial charge in [-0.15, -0.1) is 0 Å². The molecule has 0 unspecified atom stereocenters. The molecular weight excluding hydrogens is 608 g/mol. The Labute approximate surface area is 174 Å². The van der Waals surface area contributed by atoms with Crippen LogP contribution < -0.4 is 9.47 Å². The predicted molar refractivity (Wildman–Crippen MR) is 101 cm³/mol. The number of rotatable bonds is 4. The van der Waals surface area contributed by atoms with Crippen LogP contribution in [-0.4, -0.2) is 36.0 Å². The fourth-order valence-electron chi connectivity index (χ4n) is 1.29. The summed E-state index contributed by atoms with van der Waals surface area (Å²) in [5.41, 5.74) is -0.799. The minimum Gasteiger partial charge on any atom is -0.428 e. The molecule has 0 saturated carbocycles. The SMILES string of the molecule is CC(C)(C)OC(=O)Oc1cc(I)c(OC(=O)C(F)(F)S(=O)(=O)O)cc1I. The molecule has 0 atom stereocenters. The lowest BCUT2D eigenvalue weighted by atomic mass is 10.2. The lowest BCUT2D eigenvalue weighted by Crippen LogP contribution is -2.40. The van der Waals surface area contributed by atoms with Gasteiger partial charge in [0, 0.05) is 0 Å². The number of hydrogen-bond donors (Lipinski definition) is 1. The number of alkyl halides is 2. The summed E-state index contributed by atoms with van der Waals surface area (Å²) in [6, 6.07) is 2.26. The molecule has 0 spiro atoms. The zero-order chi connectivity index (χ0) is 20.5. The van der Waals surface area contributed by atoms with E-state index >= 15 is 0 Å². The zero-order valence-corrected chi connectivity index (χ0v) is 18.5. The molecule has 1 rings (SSSR count). The molecule has 0 bridgehead atoms. The molecule has 26 heavy (non-hydrogen) atoms. The van der Waals surface area contributed by atoms with Crippen LogP contribution in [0.25, 0.3) is 0 Å². The Kier molecular flexibility index (Phi) is 7.20. The molecular formula is C13H12F2I2O8S. The van der Waals surface area contributed by atoms with Crippen molar-refractivity contribution in [3.8, 4) is 11.5 Å². The number of benzene rings is 1. The summed E-state index contributed by atoms with van der Waals surface area (Å²) in [5, 5.41) is -5.13. The summed E-state index contributed by atoms with van der Waals surface area (Å²) in [7, 11) is -5.98. The first-order chi connectivity index (χ1) is 11.5. The second-order valence-corrected chi connectivity index (χ2v) is 9.45. The van der Waals surface area contributed by atoms with Crippen molar-refractivity contribution >= 4 is 67.4 Å². The highest BCUT2D eigenvalue weighted by atomic mass is 127. The molecule has 0 aliphatic carbocycles. The summed E-state index contributed by atoms with van der Waals surface area (Å²) in [5.74, 6) is -2.89. The van der Waals surface area contributed by atoms with Gasteiger partial charge in [0.2, 0.25) is 0 Å². The number of carbonyl (C=O) groups is 2. The number of carbonyl (C=O) groups excluding carboxylic acids is 2. The van der Waals surface area contributed by atoms with Gasteiger partial charge in [-0.25, -0.2) is 9.59 Å². The number of esters is 1. The van der Waals surface area contributed by atoms with E-state index < -0.39 is 38.8 Å². The largest absolute Gasteiger partial charge is 0.514 e. The van der Waals surface area contributed by atoms with Crippen LogP contribution in [0.4, 0.5) is 13.6 Å². The van der Waals surface area contributed by atoms with E-state index in [0.717, 1.165) is 6.07 Å². The van der Waals surface area contributed by atoms with Crippen LogP contribution in [0.3, 0.4) is 0 Å². The summed E-state index contributed by atoms with van der Waals surface area (Å²) < 4.78 is 70.6. The molecule has 13 heteroatoms. The van der Waals surface area contributed by atoms with Gasteiger partial charge < -0.3 is 14.2 Å². The van der Waals surface area contributed by atoms with E-state index in [0.29, 0.717) is 0 Å². The molecule has 1 aromatic rings. The minimum absolute atomic E-state index is 0.00517. The summed E-state index contributed by atoms with van der Waals surface area (Å²) in [6.07, 6.45) is -1.01. The molecule has 0 saturated heterocycles. The van der Waals surface area contributed by atoms with Crippen LogP contribution in [0, 0.1) is 7.14 Å². The first-order valence-electron chi connectivity index (χ1n) is 6.51. The van der Waals surface area contributed by atoms with Gasteiger partial charge in [0.05, 0.1) is 7.14 Å². The van der Waals surface area contributed by atoms with Crippen molar-refractivity contribution in [2.75, 3.05) is 0 Å². The fraction of sp³-hybridized carbons (Fsp3) is 0.385. The monoisotopic (exact) mass is 620 g/mol. The molecule has 8 nitrogen and oxygen atoms in total. The van der Waals surface area contributed by atoms with Gasteiger partial charge in [0.15, 0.2) is 0 Å². The molecule has 0 aliphatic heterocycles. The molecule has 146 valence electrons. The van der Waals surface area contributed by atoms with E-state index in [4.69, 9.17) is 14.0 Å². The van der Waals surface area contributed by atoms with E-state index in [1.54, 1.807) is 66.0 Å². The maximum Gasteiger partial charge on any atom is 0.514 e. The molecule has 1 aromatic carbocycles. The minimum atomic E-state index is -5.98. The summed E-state index contributed by atoms with van der Waals surface area (Å²) in [4.78, 5) is 23.0. The Bertz CT molecular complexity index is 833. The Balaban J connectivity index is 3.04. The topological polar surface area (TPSA) is 116 Å². The third kappa shape index (κ3) is 6.12. The summed E-state index contributed by atoms with van der Waals surface area (Å²) in [6.45, 7) is 4.88. The van der Waals surface area contributed by atoms with Crippen LogP contribution in [0.15, 0.2) is 12.1 Å². The van der Waals surface area contributed by atoms with E-state index in [1.165, 1.54) is 6.07 Å². The zero-order valence-electron chi connectivity index (χ0n) is 13.4. The lowest BCUT2D eigenvalue weighted by Gasteiger charge is -2.19. The van der Waals surface area contributed by atoms with Crippen LogP contribution in [0.2, 0.25) is 0 Å². The Morgan fingerprint density at radius 1 is 1.04 bits per heavy atom. The maximum absolute atomic E-state index is 13.2. The second-order valence-electron chi connectivity index (χ2n) is 5.66. The predicted octanol–water partition coefficient (Wildman–Crippen LogP) is 3.60. The third-order valence-electron chi connectivity index (χ3n) is 2.33. The van der Waals surface area contributed by atoms with Gasteiger partial charge in [-0.1, -0.05) is 0 Å². The van der Waals surface area contributed by atoms with Crippen molar-refractivity contribution in [2.45, 2.75) is 31.6 Å². The van der Waals surface area contributed by atoms with E-state index in [-0.39, 0.29) is 12.9 Å². The molecule has 0 aliphatic rings. The van der Waals surface area contributed by atoms with E-state index in [9.17, 15) is 26.8 Å². The van der Waals surface area contributed by atoms with E-state index in [2.05, 4.69) is 4.74 Å². The molecule has 0 heterocycles. The van der Waals surface area contributed by atoms with E-state index in [1.807, 2.05) is 0 Å². The van der Waals surface area contributed by atoms with Crippen molar-refractivity contribution in [3.05, 3.63) is 19.3 Å². The van der Waals surface area contributed by atoms with Crippen LogP contribution >= 0.6 is 45.2 Å². The first-order valence-corrected chi connectivity index (χ1v) is 10.1. The highest BCUT2D eigenvalue weighted by molar-refractivity contribution is 14.1. The van der Waals surface area contributed by atoms with Crippen molar-refractivity contribution < 1.29 is 45.6 Å². The van der Waals surface area contributed by atoms with Crippen molar-refractivity contribution in [1.82, 2.24) is 0 Å². The molecule has 0 amide bonds. The average molecular weight is 620 g/mol. The Hall–Kier alpha value is -0.810. The number of halogens is 4. The maximum atomic E-state index is 13.2. The summed E-state index contributed by atoms with van der Waals surface area (Å²) >= 11 is 3.27. The van der Waals surface area contributed by atoms with Gasteiger partial charge in [-0.05, 0) is 78.1 Å². The Morgan fingerprint density at radius 3 is 1.85 bits per heavy atom.